The average Bonchev–Trinajstić information content (AvgIpc) is 3.26. The predicted octanol–water partition coefficient (Wildman–Crippen LogP) is 5.65. The molecule has 0 aliphatic carbocycles. The SMILES string of the molecule is [2H]c1c([2H])c(C(=O)Nc2c([2H])c(C)c([2H])c(-n3c([2H])nc(C)c3[2H])c2[2H])c([2H])c(Nc2nccc(-c3cccnc3)n2)c1C. The van der Waals surface area contributed by atoms with Crippen molar-refractivity contribution in [3.63, 3.8) is 0 Å². The normalized spacial score (nSPS) is 13.9. The van der Waals surface area contributed by atoms with Crippen molar-refractivity contribution < 1.29 is 15.8 Å². The summed E-state index contributed by atoms with van der Waals surface area (Å²) in [5.41, 5.74) is 0.658. The number of carbonyl (C=O) groups is 1. The number of nitrogens with one attached hydrogen (secondary N) is 2. The number of hydrogen-bond acceptors (Lipinski definition) is 6. The minimum absolute atomic E-state index is 0.0154. The molecule has 36 heavy (non-hydrogen) atoms. The summed E-state index contributed by atoms with van der Waals surface area (Å²) in [5, 5.41) is 5.32. The maximum atomic E-state index is 13.6. The summed E-state index contributed by atoms with van der Waals surface area (Å²) < 4.78 is 69.0. The molecule has 0 bridgehead atoms. The second-order valence-corrected chi connectivity index (χ2v) is 7.80. The summed E-state index contributed by atoms with van der Waals surface area (Å²) in [4.78, 5) is 30.3. The summed E-state index contributed by atoms with van der Waals surface area (Å²) in [6, 6.07) is 2.76. The number of imidazole rings is 1. The molecule has 0 atom stereocenters. The van der Waals surface area contributed by atoms with Crippen LogP contribution in [0.1, 0.15) is 38.1 Å². The Kier molecular flexibility index (Phi) is 4.14. The van der Waals surface area contributed by atoms with Crippen LogP contribution >= 0.6 is 0 Å². The van der Waals surface area contributed by atoms with Gasteiger partial charge >= 0.3 is 0 Å². The van der Waals surface area contributed by atoms with Crippen molar-refractivity contribution in [3.05, 3.63) is 108 Å². The minimum Gasteiger partial charge on any atom is -0.324 e. The number of pyridine rings is 1. The molecule has 0 saturated carbocycles. The number of aromatic nitrogens is 5. The van der Waals surface area contributed by atoms with Crippen molar-refractivity contribution in [1.29, 1.82) is 0 Å². The molecule has 0 fully saturated rings. The van der Waals surface area contributed by atoms with E-state index < -0.39 is 35.9 Å². The minimum atomic E-state index is -1.04. The summed E-state index contributed by atoms with van der Waals surface area (Å²) >= 11 is 0. The van der Waals surface area contributed by atoms with E-state index in [1.54, 1.807) is 24.5 Å². The number of aryl methyl sites for hydroxylation is 1. The summed E-state index contributed by atoms with van der Waals surface area (Å²) in [6.45, 7) is 4.46. The quantitative estimate of drug-likeness (QED) is 0.324. The molecule has 1 amide bonds. The first-order valence-corrected chi connectivity index (χ1v) is 10.9. The van der Waals surface area contributed by atoms with Crippen molar-refractivity contribution >= 4 is 23.2 Å². The Morgan fingerprint density at radius 1 is 1.03 bits per heavy atom. The number of rotatable bonds is 6. The predicted molar refractivity (Wildman–Crippen MR) is 141 cm³/mol. The molecule has 3 aromatic heterocycles. The molecule has 0 unspecified atom stereocenters. The fourth-order valence-electron chi connectivity index (χ4n) is 3.28. The topological polar surface area (TPSA) is 97.6 Å². The van der Waals surface area contributed by atoms with E-state index in [1.165, 1.54) is 27.0 Å². The van der Waals surface area contributed by atoms with E-state index in [1.807, 2.05) is 6.07 Å². The molecule has 0 radical (unpaired) electrons. The highest BCUT2D eigenvalue weighted by Gasteiger charge is 2.12. The van der Waals surface area contributed by atoms with E-state index in [-0.39, 0.29) is 64.1 Å². The molecule has 178 valence electrons. The van der Waals surface area contributed by atoms with Crippen molar-refractivity contribution in [2.75, 3.05) is 10.6 Å². The molecule has 2 aromatic carbocycles. The standard InChI is InChI=1S/C28H25N7O/c1-18-11-23(14-24(12-18)35-16-20(3)31-17-35)32-27(36)21-7-6-19(2)26(13-21)34-28-30-10-8-25(33-28)22-5-4-9-29-15-22/h4-17H,1-3H3,(H,32,36)(H,30,33,34)/i6D,7D,11D,12D,13D,14D,16D,17D. The number of nitrogens with zero attached hydrogens (tertiary/aromatic N) is 5. The molecule has 8 nitrogen and oxygen atoms in total. The highest BCUT2D eigenvalue weighted by molar-refractivity contribution is 6.05. The van der Waals surface area contributed by atoms with Gasteiger partial charge in [0.1, 0.15) is 1.37 Å². The van der Waals surface area contributed by atoms with Crippen molar-refractivity contribution in [2.24, 2.45) is 0 Å². The summed E-state index contributed by atoms with van der Waals surface area (Å²) in [6.07, 6.45) is 4.12. The van der Waals surface area contributed by atoms with Gasteiger partial charge in [0.25, 0.3) is 5.91 Å². The van der Waals surface area contributed by atoms with Crippen LogP contribution in [0.2, 0.25) is 0 Å². The third-order valence-corrected chi connectivity index (χ3v) is 4.99. The van der Waals surface area contributed by atoms with E-state index in [4.69, 9.17) is 11.0 Å². The lowest BCUT2D eigenvalue weighted by atomic mass is 10.1. The van der Waals surface area contributed by atoms with Gasteiger partial charge in [-0.1, -0.05) is 6.04 Å². The van der Waals surface area contributed by atoms with Crippen molar-refractivity contribution in [2.45, 2.75) is 20.8 Å². The Morgan fingerprint density at radius 2 is 1.92 bits per heavy atom. The van der Waals surface area contributed by atoms with Gasteiger partial charge in [-0.2, -0.15) is 0 Å². The van der Waals surface area contributed by atoms with E-state index in [0.717, 1.165) is 10.1 Å². The van der Waals surface area contributed by atoms with Gasteiger partial charge in [0.2, 0.25) is 5.95 Å². The molecule has 0 aliphatic rings. The molecular weight excluding hydrogens is 450 g/mol. The molecule has 0 spiro atoms. The maximum absolute atomic E-state index is 13.6. The van der Waals surface area contributed by atoms with Gasteiger partial charge in [-0.05, 0) is 80.3 Å². The van der Waals surface area contributed by atoms with Crippen LogP contribution in [-0.2, 0) is 0 Å². The number of hydrogen-bond donors (Lipinski definition) is 2. The van der Waals surface area contributed by atoms with Crippen LogP contribution in [-0.4, -0.2) is 30.4 Å². The van der Waals surface area contributed by atoms with E-state index in [2.05, 4.69) is 30.6 Å². The lowest BCUT2D eigenvalue weighted by Gasteiger charge is -2.13. The first-order valence-electron chi connectivity index (χ1n) is 14.9. The lowest BCUT2D eigenvalue weighted by molar-refractivity contribution is 0.102. The van der Waals surface area contributed by atoms with Gasteiger partial charge in [-0.15, -0.1) is 0 Å². The second kappa shape index (κ2) is 9.79. The number of carbonyl (C=O) groups excluding carboxylic acids is 1. The van der Waals surface area contributed by atoms with Crippen LogP contribution in [0.15, 0.2) is 85.5 Å². The zero-order chi connectivity index (χ0) is 32.0. The largest absolute Gasteiger partial charge is 0.324 e. The van der Waals surface area contributed by atoms with Gasteiger partial charge in [0.05, 0.1) is 27.3 Å². The molecule has 5 aromatic rings. The Labute approximate surface area is 220 Å². The third-order valence-electron chi connectivity index (χ3n) is 4.99. The van der Waals surface area contributed by atoms with Gasteiger partial charge in [-0.3, -0.25) is 9.78 Å². The highest BCUT2D eigenvalue weighted by atomic mass is 16.1. The van der Waals surface area contributed by atoms with Gasteiger partial charge in [-0.25, -0.2) is 15.0 Å². The van der Waals surface area contributed by atoms with Crippen molar-refractivity contribution in [3.8, 4) is 16.9 Å². The van der Waals surface area contributed by atoms with E-state index in [9.17, 15) is 4.79 Å². The van der Waals surface area contributed by atoms with Crippen LogP contribution in [0.3, 0.4) is 0 Å². The third kappa shape index (κ3) is 5.12. The monoisotopic (exact) mass is 483 g/mol. The summed E-state index contributed by atoms with van der Waals surface area (Å²) in [5.74, 6) is -0.960. The van der Waals surface area contributed by atoms with Crippen molar-refractivity contribution in [1.82, 2.24) is 24.5 Å². The van der Waals surface area contributed by atoms with Crippen LogP contribution in [0, 0.1) is 20.8 Å². The Bertz CT molecular complexity index is 1960. The average molecular weight is 484 g/mol. The fraction of sp³-hybridized carbons (Fsp3) is 0.107. The molecule has 0 saturated heterocycles. The number of benzene rings is 2. The van der Waals surface area contributed by atoms with Gasteiger partial charge in [0, 0.05) is 53.0 Å². The molecule has 2 N–H and O–H groups in total. The van der Waals surface area contributed by atoms with E-state index in [0.29, 0.717) is 5.69 Å². The summed E-state index contributed by atoms with van der Waals surface area (Å²) in [7, 11) is 0. The Hall–Kier alpha value is -4.85. The molecule has 8 heteroatoms. The van der Waals surface area contributed by atoms with Gasteiger partial charge in [0.15, 0.2) is 0 Å². The Morgan fingerprint density at radius 3 is 2.69 bits per heavy atom. The molecule has 5 rings (SSSR count). The zero-order valence-corrected chi connectivity index (χ0v) is 19.6. The zero-order valence-electron chi connectivity index (χ0n) is 27.6. The fourth-order valence-corrected chi connectivity index (χ4v) is 3.28. The molecule has 3 heterocycles. The molecular formula is C28H25N7O. The smallest absolute Gasteiger partial charge is 0.255 e. The first-order chi connectivity index (χ1) is 20.8. The number of anilines is 3. The van der Waals surface area contributed by atoms with E-state index >= 15 is 0 Å². The van der Waals surface area contributed by atoms with Crippen LogP contribution in [0.4, 0.5) is 17.3 Å². The van der Waals surface area contributed by atoms with Crippen LogP contribution in [0.25, 0.3) is 16.9 Å². The lowest BCUT2D eigenvalue weighted by Crippen LogP contribution is -2.13. The first kappa shape index (κ1) is 15.2. The second-order valence-electron chi connectivity index (χ2n) is 7.80. The van der Waals surface area contributed by atoms with Gasteiger partial charge < -0.3 is 15.2 Å². The molecule has 0 aliphatic heterocycles. The van der Waals surface area contributed by atoms with Crippen LogP contribution in [0.5, 0.6) is 0 Å². The highest BCUT2D eigenvalue weighted by Crippen LogP contribution is 2.24. The van der Waals surface area contributed by atoms with Crippen LogP contribution < -0.4 is 10.6 Å². The maximum Gasteiger partial charge on any atom is 0.255 e. The number of amides is 1. The Balaban J connectivity index is 1.58.